The van der Waals surface area contributed by atoms with Gasteiger partial charge in [0.15, 0.2) is 0 Å². The molecule has 78 valence electrons. The highest BCUT2D eigenvalue weighted by atomic mass is 28.4. The Hall–Kier alpha value is -0.136. The van der Waals surface area contributed by atoms with E-state index in [0.717, 1.165) is 5.67 Å². The van der Waals surface area contributed by atoms with Crippen LogP contribution >= 0.6 is 0 Å². The van der Waals surface area contributed by atoms with Crippen molar-refractivity contribution < 1.29 is 13.6 Å². The zero-order chi connectivity index (χ0) is 10.7. The van der Waals surface area contributed by atoms with Crippen molar-refractivity contribution in [2.75, 3.05) is 7.11 Å². The topological polar surface area (TPSA) is 35.5 Å². The molecule has 0 aromatic carbocycles. The smallest absolute Gasteiger partial charge is 0.395 e. The van der Waals surface area contributed by atoms with Crippen LogP contribution in [-0.2, 0) is 13.6 Å². The van der Waals surface area contributed by atoms with Crippen molar-refractivity contribution in [3.63, 3.8) is 0 Å². The van der Waals surface area contributed by atoms with Crippen LogP contribution in [0.2, 0.25) is 31.9 Å². The second kappa shape index (κ2) is 4.39. The van der Waals surface area contributed by atoms with E-state index in [1.807, 2.05) is 6.55 Å². The summed E-state index contributed by atoms with van der Waals surface area (Å²) in [6.45, 7) is 10.1. The van der Waals surface area contributed by atoms with Crippen molar-refractivity contribution in [2.45, 2.75) is 38.8 Å². The zero-order valence-electron chi connectivity index (χ0n) is 9.43. The van der Waals surface area contributed by atoms with Gasteiger partial charge in [-0.2, -0.15) is 0 Å². The molecule has 1 unspecified atom stereocenters. The van der Waals surface area contributed by atoms with E-state index in [-0.39, 0.29) is 5.97 Å². The molecule has 0 aliphatic carbocycles. The lowest BCUT2D eigenvalue weighted by Crippen LogP contribution is -2.45. The van der Waals surface area contributed by atoms with Crippen molar-refractivity contribution in [3.8, 4) is 0 Å². The molecule has 0 aliphatic rings. The van der Waals surface area contributed by atoms with Gasteiger partial charge in [0.2, 0.25) is 0 Å². The van der Waals surface area contributed by atoms with Gasteiger partial charge in [-0.05, 0) is 12.2 Å². The van der Waals surface area contributed by atoms with E-state index >= 15 is 0 Å². The first-order valence-corrected chi connectivity index (χ1v) is 10.7. The summed E-state index contributed by atoms with van der Waals surface area (Å²) >= 11 is 0. The normalized spacial score (nSPS) is 16.5. The second-order valence-corrected chi connectivity index (χ2v) is 14.1. The molecule has 0 amide bonds. The lowest BCUT2D eigenvalue weighted by atomic mass is 10.9. The predicted molar refractivity (Wildman–Crippen MR) is 58.5 cm³/mol. The number of carbonyl (C=O) groups is 1. The molecule has 0 N–H and O–H groups in total. The van der Waals surface area contributed by atoms with E-state index in [2.05, 4.69) is 19.6 Å². The maximum atomic E-state index is 10.9. The number of hydrogen-bond donors (Lipinski definition) is 0. The highest BCUT2D eigenvalue weighted by Gasteiger charge is 2.38. The fourth-order valence-corrected chi connectivity index (χ4v) is 10.7. The zero-order valence-corrected chi connectivity index (χ0v) is 11.4. The van der Waals surface area contributed by atoms with Gasteiger partial charge in [-0.3, -0.25) is 4.79 Å². The molecule has 0 aromatic heterocycles. The molecule has 1 atom stereocenters. The number of hydrogen-bond acceptors (Lipinski definition) is 3. The van der Waals surface area contributed by atoms with Crippen molar-refractivity contribution >= 4 is 22.6 Å². The van der Waals surface area contributed by atoms with Gasteiger partial charge in [0.25, 0.3) is 5.97 Å². The Labute approximate surface area is 82.7 Å². The van der Waals surface area contributed by atoms with Gasteiger partial charge in [0, 0.05) is 22.1 Å². The third-order valence-corrected chi connectivity index (χ3v) is 10.0. The van der Waals surface area contributed by atoms with Crippen LogP contribution in [0.25, 0.3) is 0 Å². The summed E-state index contributed by atoms with van der Waals surface area (Å²) in [5, 5.41) is 0. The third kappa shape index (κ3) is 6.01. The van der Waals surface area contributed by atoms with Gasteiger partial charge in [-0.1, -0.05) is 19.6 Å². The van der Waals surface area contributed by atoms with Gasteiger partial charge in [-0.15, -0.1) is 0 Å². The van der Waals surface area contributed by atoms with Crippen LogP contribution < -0.4 is 0 Å². The summed E-state index contributed by atoms with van der Waals surface area (Å²) in [4.78, 5) is 10.9. The van der Waals surface area contributed by atoms with E-state index < -0.39 is 16.6 Å². The molecule has 0 aromatic rings. The second-order valence-electron chi connectivity index (χ2n) is 4.67. The number of carbonyl (C=O) groups excluding carboxylic acids is 1. The van der Waals surface area contributed by atoms with E-state index in [4.69, 9.17) is 8.85 Å². The van der Waals surface area contributed by atoms with Gasteiger partial charge in [0.05, 0.1) is 0 Å². The highest BCUT2D eigenvalue weighted by Crippen LogP contribution is 2.21. The van der Waals surface area contributed by atoms with E-state index in [0.29, 0.717) is 0 Å². The first kappa shape index (κ1) is 12.9. The summed E-state index contributed by atoms with van der Waals surface area (Å²) in [6.07, 6.45) is 0. The SMILES string of the molecule is CO[Si](C)(C[Si](C)(C)C)OC(C)=O. The average molecular weight is 220 g/mol. The Kier molecular flexibility index (Phi) is 4.34. The van der Waals surface area contributed by atoms with Crippen LogP contribution in [0.1, 0.15) is 6.92 Å². The molecule has 5 heteroatoms. The molecule has 3 nitrogen and oxygen atoms in total. The van der Waals surface area contributed by atoms with Crippen LogP contribution in [0.3, 0.4) is 0 Å². The molecule has 0 heterocycles. The van der Waals surface area contributed by atoms with Crippen molar-refractivity contribution in [1.82, 2.24) is 0 Å². The van der Waals surface area contributed by atoms with E-state index in [9.17, 15) is 4.79 Å². The van der Waals surface area contributed by atoms with Gasteiger partial charge >= 0.3 is 8.56 Å². The molecule has 0 saturated carbocycles. The molecule has 0 rings (SSSR count). The quantitative estimate of drug-likeness (QED) is 0.681. The fourth-order valence-electron chi connectivity index (χ4n) is 1.42. The summed E-state index contributed by atoms with van der Waals surface area (Å²) in [7, 11) is -1.80. The Morgan fingerprint density at radius 3 is 1.92 bits per heavy atom. The van der Waals surface area contributed by atoms with E-state index in [1.54, 1.807) is 7.11 Å². The summed E-state index contributed by atoms with van der Waals surface area (Å²) in [6, 6.07) is 0. The Balaban J connectivity index is 4.36. The summed E-state index contributed by atoms with van der Waals surface area (Å²) in [5.41, 5.74) is 0.954. The predicted octanol–water partition coefficient (Wildman–Crippen LogP) is 2.15. The average Bonchev–Trinajstić information content (AvgIpc) is 1.81. The molecule has 0 spiro atoms. The largest absolute Gasteiger partial charge is 0.495 e. The van der Waals surface area contributed by atoms with Crippen LogP contribution in [0, 0.1) is 0 Å². The van der Waals surface area contributed by atoms with Crippen LogP contribution in [0.5, 0.6) is 0 Å². The minimum atomic E-state index is -2.21. The maximum Gasteiger partial charge on any atom is 0.395 e. The first-order valence-electron chi connectivity index (χ1n) is 4.43. The lowest BCUT2D eigenvalue weighted by molar-refractivity contribution is -0.133. The molecule has 0 radical (unpaired) electrons. The van der Waals surface area contributed by atoms with Gasteiger partial charge in [-0.25, -0.2) is 0 Å². The standard InChI is InChI=1S/C8H20O3Si2/c1-8(9)11-13(6,10-2)7-12(3,4)5/h7H2,1-6H3. The van der Waals surface area contributed by atoms with Crippen LogP contribution in [-0.4, -0.2) is 29.7 Å². The summed E-state index contributed by atoms with van der Waals surface area (Å²) in [5.74, 6) is -0.228. The Morgan fingerprint density at radius 1 is 1.23 bits per heavy atom. The lowest BCUT2D eigenvalue weighted by Gasteiger charge is -2.29. The monoisotopic (exact) mass is 220 g/mol. The third-order valence-electron chi connectivity index (χ3n) is 1.64. The Morgan fingerprint density at radius 2 is 1.69 bits per heavy atom. The molecule has 0 saturated heterocycles. The maximum absolute atomic E-state index is 10.9. The molecule has 0 fully saturated rings. The highest BCUT2D eigenvalue weighted by molar-refractivity contribution is 6.90. The van der Waals surface area contributed by atoms with Gasteiger partial charge in [0.1, 0.15) is 0 Å². The number of rotatable bonds is 4. The van der Waals surface area contributed by atoms with Gasteiger partial charge < -0.3 is 8.85 Å². The summed E-state index contributed by atoms with van der Waals surface area (Å²) < 4.78 is 10.6. The van der Waals surface area contributed by atoms with Crippen LogP contribution in [0.4, 0.5) is 0 Å². The molecule has 0 aliphatic heterocycles. The molecule has 0 bridgehead atoms. The fraction of sp³-hybridized carbons (Fsp3) is 0.875. The minimum absolute atomic E-state index is 0.228. The van der Waals surface area contributed by atoms with Crippen molar-refractivity contribution in [3.05, 3.63) is 0 Å². The molecule has 13 heavy (non-hydrogen) atoms. The van der Waals surface area contributed by atoms with Crippen molar-refractivity contribution in [2.24, 2.45) is 0 Å². The first-order chi connectivity index (χ1) is 5.68. The van der Waals surface area contributed by atoms with Crippen molar-refractivity contribution in [1.29, 1.82) is 0 Å². The van der Waals surface area contributed by atoms with E-state index in [1.165, 1.54) is 6.92 Å². The Bertz CT molecular complexity index is 188. The molecular weight excluding hydrogens is 200 g/mol. The molecular formula is C8H20O3Si2. The minimum Gasteiger partial charge on any atom is -0.495 e. The van der Waals surface area contributed by atoms with Crippen LogP contribution in [0.15, 0.2) is 0 Å².